The Kier molecular flexibility index (Phi) is 4.82. The van der Waals surface area contributed by atoms with E-state index in [1.807, 2.05) is 6.92 Å². The zero-order valence-electron chi connectivity index (χ0n) is 10.2. The normalized spacial score (nSPS) is 12.1. The summed E-state index contributed by atoms with van der Waals surface area (Å²) in [5.41, 5.74) is 0.850. The van der Waals surface area contributed by atoms with E-state index in [9.17, 15) is 14.9 Å². The zero-order chi connectivity index (χ0) is 12.8. The number of aryl methyl sites for hydroxylation is 1. The molecule has 0 heterocycles. The molecule has 1 aromatic carbocycles. The monoisotopic (exact) mass is 235 g/mol. The Labute approximate surface area is 101 Å². The molecule has 0 N–H and O–H groups in total. The number of rotatable bonds is 6. The highest BCUT2D eigenvalue weighted by Gasteiger charge is 2.16. The molecule has 0 fully saturated rings. The van der Waals surface area contributed by atoms with Crippen molar-refractivity contribution in [2.45, 2.75) is 33.1 Å². The summed E-state index contributed by atoms with van der Waals surface area (Å²) in [6.45, 7) is 3.54. The van der Waals surface area contributed by atoms with Gasteiger partial charge in [-0.1, -0.05) is 25.1 Å². The van der Waals surface area contributed by atoms with E-state index in [2.05, 4.69) is 0 Å². The van der Waals surface area contributed by atoms with Crippen molar-refractivity contribution in [1.82, 2.24) is 0 Å². The van der Waals surface area contributed by atoms with Crippen LogP contribution in [0.25, 0.3) is 0 Å². The van der Waals surface area contributed by atoms with E-state index < -0.39 is 0 Å². The smallest absolute Gasteiger partial charge is 0.272 e. The summed E-state index contributed by atoms with van der Waals surface area (Å²) in [6, 6.07) is 6.70. The minimum Gasteiger partial charge on any atom is -0.300 e. The molecular formula is C13H17NO3. The minimum absolute atomic E-state index is 0.00908. The van der Waals surface area contributed by atoms with E-state index in [0.29, 0.717) is 18.4 Å². The predicted octanol–water partition coefficient (Wildman–Crippen LogP) is 3.14. The molecule has 0 radical (unpaired) electrons. The third-order valence-corrected chi connectivity index (χ3v) is 3.02. The second kappa shape index (κ2) is 6.13. The molecule has 0 amide bonds. The van der Waals surface area contributed by atoms with Crippen molar-refractivity contribution >= 4 is 11.5 Å². The average Bonchev–Trinajstić information content (AvgIpc) is 2.29. The highest BCUT2D eigenvalue weighted by Crippen LogP contribution is 2.22. The molecule has 4 nitrogen and oxygen atoms in total. The molecule has 0 spiro atoms. The number of carbonyl (C=O) groups excluding carboxylic acids is 1. The molecule has 0 aliphatic heterocycles. The van der Waals surface area contributed by atoms with Gasteiger partial charge in [0.15, 0.2) is 0 Å². The molecule has 0 saturated heterocycles. The van der Waals surface area contributed by atoms with E-state index >= 15 is 0 Å². The first-order chi connectivity index (χ1) is 8.06. The maximum absolute atomic E-state index is 11.3. The molecule has 0 aliphatic carbocycles. The molecule has 17 heavy (non-hydrogen) atoms. The molecule has 92 valence electrons. The summed E-state index contributed by atoms with van der Waals surface area (Å²) < 4.78 is 0. The summed E-state index contributed by atoms with van der Waals surface area (Å²) in [4.78, 5) is 21.7. The fourth-order valence-corrected chi connectivity index (χ4v) is 1.92. The maximum atomic E-state index is 11.3. The zero-order valence-corrected chi connectivity index (χ0v) is 10.2. The van der Waals surface area contributed by atoms with Crippen LogP contribution in [0.1, 0.15) is 32.3 Å². The third-order valence-electron chi connectivity index (χ3n) is 3.02. The minimum atomic E-state index is -0.371. The highest BCUT2D eigenvalue weighted by molar-refractivity contribution is 5.78. The van der Waals surface area contributed by atoms with Gasteiger partial charge in [-0.15, -0.1) is 0 Å². The standard InChI is InChI=1S/C13H17NO3/c1-3-11(10(2)15)8-9-12-6-4-5-7-13(12)14(16)17/h4-7,11H,3,8-9H2,1-2H3. The van der Waals surface area contributed by atoms with Gasteiger partial charge in [-0.25, -0.2) is 0 Å². The quantitative estimate of drug-likeness (QED) is 0.562. The van der Waals surface area contributed by atoms with Crippen molar-refractivity contribution in [2.24, 2.45) is 5.92 Å². The molecule has 1 aromatic rings. The molecule has 1 rings (SSSR count). The summed E-state index contributed by atoms with van der Waals surface area (Å²) in [6.07, 6.45) is 2.04. The van der Waals surface area contributed by atoms with Crippen molar-refractivity contribution in [1.29, 1.82) is 0 Å². The molecule has 1 atom stereocenters. The number of nitro benzene ring substituents is 1. The number of nitrogens with zero attached hydrogens (tertiary/aromatic N) is 1. The Morgan fingerprint density at radius 2 is 2.06 bits per heavy atom. The Balaban J connectivity index is 2.75. The van der Waals surface area contributed by atoms with Gasteiger partial charge in [0, 0.05) is 17.5 Å². The number of hydrogen-bond acceptors (Lipinski definition) is 3. The van der Waals surface area contributed by atoms with Gasteiger partial charge < -0.3 is 0 Å². The molecule has 1 unspecified atom stereocenters. The highest BCUT2D eigenvalue weighted by atomic mass is 16.6. The second-order valence-corrected chi connectivity index (χ2v) is 4.14. The Morgan fingerprint density at radius 3 is 2.59 bits per heavy atom. The second-order valence-electron chi connectivity index (χ2n) is 4.14. The van der Waals surface area contributed by atoms with Crippen molar-refractivity contribution in [3.8, 4) is 0 Å². The first kappa shape index (κ1) is 13.4. The van der Waals surface area contributed by atoms with Gasteiger partial charge in [0.05, 0.1) is 4.92 Å². The summed E-state index contributed by atoms with van der Waals surface area (Å²) in [5.74, 6) is 0.167. The first-order valence-electron chi connectivity index (χ1n) is 5.79. The van der Waals surface area contributed by atoms with Gasteiger partial charge >= 0.3 is 0 Å². The van der Waals surface area contributed by atoms with Crippen LogP contribution in [0.5, 0.6) is 0 Å². The molecule has 0 aliphatic rings. The van der Waals surface area contributed by atoms with Crippen LogP contribution in [0.2, 0.25) is 0 Å². The van der Waals surface area contributed by atoms with Crippen LogP contribution in [0.15, 0.2) is 24.3 Å². The number of ketones is 1. The van der Waals surface area contributed by atoms with E-state index in [-0.39, 0.29) is 22.3 Å². The Hall–Kier alpha value is -1.71. The van der Waals surface area contributed by atoms with Crippen molar-refractivity contribution < 1.29 is 9.72 Å². The Morgan fingerprint density at radius 1 is 1.41 bits per heavy atom. The van der Waals surface area contributed by atoms with Crippen molar-refractivity contribution in [2.75, 3.05) is 0 Å². The Bertz CT molecular complexity index is 415. The molecule has 0 aromatic heterocycles. The fraction of sp³-hybridized carbons (Fsp3) is 0.462. The van der Waals surface area contributed by atoms with Gasteiger partial charge in [-0.3, -0.25) is 14.9 Å². The van der Waals surface area contributed by atoms with Crippen molar-refractivity contribution in [3.05, 3.63) is 39.9 Å². The van der Waals surface area contributed by atoms with E-state index in [0.717, 1.165) is 6.42 Å². The lowest BCUT2D eigenvalue weighted by Gasteiger charge is -2.10. The van der Waals surface area contributed by atoms with Gasteiger partial charge in [-0.05, 0) is 26.2 Å². The van der Waals surface area contributed by atoms with Crippen LogP contribution in [-0.4, -0.2) is 10.7 Å². The third kappa shape index (κ3) is 3.66. The molecule has 4 heteroatoms. The maximum Gasteiger partial charge on any atom is 0.272 e. The largest absolute Gasteiger partial charge is 0.300 e. The number of hydrogen-bond donors (Lipinski definition) is 0. The van der Waals surface area contributed by atoms with Crippen molar-refractivity contribution in [3.63, 3.8) is 0 Å². The fourth-order valence-electron chi connectivity index (χ4n) is 1.92. The van der Waals surface area contributed by atoms with Gasteiger partial charge in [0.2, 0.25) is 0 Å². The lowest BCUT2D eigenvalue weighted by Crippen LogP contribution is -2.11. The SMILES string of the molecule is CCC(CCc1ccccc1[N+](=O)[O-])C(C)=O. The van der Waals surface area contributed by atoms with Crippen LogP contribution < -0.4 is 0 Å². The summed E-state index contributed by atoms with van der Waals surface area (Å²) >= 11 is 0. The average molecular weight is 235 g/mol. The topological polar surface area (TPSA) is 60.2 Å². The molecular weight excluding hydrogens is 218 g/mol. The predicted molar refractivity (Wildman–Crippen MR) is 65.9 cm³/mol. The van der Waals surface area contributed by atoms with Gasteiger partial charge in [-0.2, -0.15) is 0 Å². The molecule has 0 bridgehead atoms. The van der Waals surface area contributed by atoms with Crippen LogP contribution in [-0.2, 0) is 11.2 Å². The lowest BCUT2D eigenvalue weighted by atomic mass is 9.93. The lowest BCUT2D eigenvalue weighted by molar-refractivity contribution is -0.385. The van der Waals surface area contributed by atoms with Crippen LogP contribution >= 0.6 is 0 Å². The van der Waals surface area contributed by atoms with E-state index in [1.165, 1.54) is 6.07 Å². The summed E-state index contributed by atoms with van der Waals surface area (Å²) in [7, 11) is 0. The van der Waals surface area contributed by atoms with E-state index in [4.69, 9.17) is 0 Å². The van der Waals surface area contributed by atoms with Crippen LogP contribution in [0, 0.1) is 16.0 Å². The van der Waals surface area contributed by atoms with Gasteiger partial charge in [0.1, 0.15) is 5.78 Å². The van der Waals surface area contributed by atoms with Crippen LogP contribution in [0.4, 0.5) is 5.69 Å². The number of para-hydroxylation sites is 1. The van der Waals surface area contributed by atoms with Crippen LogP contribution in [0.3, 0.4) is 0 Å². The number of Topliss-reactive ketones (excluding diaryl/α,β-unsaturated/α-hetero) is 1. The first-order valence-corrected chi connectivity index (χ1v) is 5.79. The summed E-state index contributed by atoms with van der Waals surface area (Å²) in [5, 5.41) is 10.8. The number of benzene rings is 1. The molecule has 0 saturated carbocycles. The van der Waals surface area contributed by atoms with E-state index in [1.54, 1.807) is 25.1 Å². The number of carbonyl (C=O) groups is 1. The van der Waals surface area contributed by atoms with Gasteiger partial charge in [0.25, 0.3) is 5.69 Å². The number of nitro groups is 1.